The van der Waals surface area contributed by atoms with Crippen LogP contribution < -0.4 is 5.43 Å². The van der Waals surface area contributed by atoms with Gasteiger partial charge in [0.1, 0.15) is 11.1 Å². The molecule has 2 heterocycles. The van der Waals surface area contributed by atoms with Crippen LogP contribution in [0.3, 0.4) is 0 Å². The summed E-state index contributed by atoms with van der Waals surface area (Å²) >= 11 is 0. The predicted octanol–water partition coefficient (Wildman–Crippen LogP) is 4.28. The van der Waals surface area contributed by atoms with Crippen molar-refractivity contribution in [3.63, 3.8) is 0 Å². The zero-order valence-corrected chi connectivity index (χ0v) is 15.8. The topological polar surface area (TPSA) is 72.2 Å². The van der Waals surface area contributed by atoms with Gasteiger partial charge in [-0.05, 0) is 54.9 Å². The van der Waals surface area contributed by atoms with Crippen molar-refractivity contribution >= 4 is 17.0 Å². The lowest BCUT2D eigenvalue weighted by atomic mass is 9.85. The van der Waals surface area contributed by atoms with Crippen LogP contribution >= 0.6 is 0 Å². The van der Waals surface area contributed by atoms with Gasteiger partial charge in [0.05, 0.1) is 5.52 Å². The number of aromatic carboxylic acids is 1. The number of fused-ring (bicyclic) bond motifs is 1. The minimum absolute atomic E-state index is 0.198. The van der Waals surface area contributed by atoms with E-state index in [2.05, 4.69) is 35.3 Å². The lowest BCUT2D eigenvalue weighted by Crippen LogP contribution is -2.20. The molecule has 142 valence electrons. The molecule has 4 rings (SSSR count). The number of benzene rings is 1. The van der Waals surface area contributed by atoms with Gasteiger partial charge in [-0.3, -0.25) is 9.78 Å². The number of allylic oxidation sites excluding steroid dienone is 2. The summed E-state index contributed by atoms with van der Waals surface area (Å²) < 4.78 is 1.84. The molecule has 1 aliphatic carbocycles. The van der Waals surface area contributed by atoms with Gasteiger partial charge in [-0.15, -0.1) is 0 Å². The summed E-state index contributed by atoms with van der Waals surface area (Å²) in [7, 11) is 0. The molecule has 0 bridgehead atoms. The molecule has 1 N–H and O–H groups in total. The molecule has 1 aromatic carbocycles. The van der Waals surface area contributed by atoms with Crippen LogP contribution in [0, 0.1) is 6.92 Å². The van der Waals surface area contributed by atoms with Gasteiger partial charge in [0.15, 0.2) is 0 Å². The third-order valence-corrected chi connectivity index (χ3v) is 5.39. The summed E-state index contributed by atoms with van der Waals surface area (Å²) in [4.78, 5) is 28.4. The second-order valence-corrected chi connectivity index (χ2v) is 7.37. The van der Waals surface area contributed by atoms with Gasteiger partial charge in [0.2, 0.25) is 5.43 Å². The summed E-state index contributed by atoms with van der Waals surface area (Å²) in [6, 6.07) is 10.2. The Hall–Kier alpha value is -3.21. The molecule has 1 atom stereocenters. The average molecular weight is 374 g/mol. The summed E-state index contributed by atoms with van der Waals surface area (Å²) in [5.41, 5.74) is 3.43. The van der Waals surface area contributed by atoms with Crippen LogP contribution in [0.4, 0.5) is 0 Å². The van der Waals surface area contributed by atoms with Gasteiger partial charge in [0.25, 0.3) is 0 Å². The lowest BCUT2D eigenvalue weighted by Gasteiger charge is -2.22. The van der Waals surface area contributed by atoms with E-state index >= 15 is 0 Å². The maximum absolute atomic E-state index is 12.5. The molecule has 0 aliphatic heterocycles. The maximum Gasteiger partial charge on any atom is 0.341 e. The van der Waals surface area contributed by atoms with Crippen molar-refractivity contribution in [1.82, 2.24) is 9.55 Å². The molecule has 0 spiro atoms. The Morgan fingerprint density at radius 2 is 2.11 bits per heavy atom. The van der Waals surface area contributed by atoms with Gasteiger partial charge < -0.3 is 9.67 Å². The molecular formula is C23H22N2O3. The molecule has 2 aromatic heterocycles. The van der Waals surface area contributed by atoms with E-state index in [4.69, 9.17) is 0 Å². The van der Waals surface area contributed by atoms with Crippen LogP contribution in [0.2, 0.25) is 0 Å². The lowest BCUT2D eigenvalue weighted by molar-refractivity contribution is 0.0695. The number of hydrogen-bond donors (Lipinski definition) is 1. The van der Waals surface area contributed by atoms with Gasteiger partial charge in [-0.1, -0.05) is 36.4 Å². The molecule has 1 unspecified atom stereocenters. The zero-order valence-electron chi connectivity index (χ0n) is 15.8. The molecule has 0 saturated heterocycles. The molecule has 5 heteroatoms. The normalized spacial score (nSPS) is 16.4. The highest BCUT2D eigenvalue weighted by atomic mass is 16.4. The average Bonchev–Trinajstić information content (AvgIpc) is 2.71. The van der Waals surface area contributed by atoms with E-state index in [1.807, 2.05) is 23.6 Å². The Morgan fingerprint density at radius 3 is 2.86 bits per heavy atom. The van der Waals surface area contributed by atoms with Gasteiger partial charge in [-0.2, -0.15) is 0 Å². The third-order valence-electron chi connectivity index (χ3n) is 5.39. The summed E-state index contributed by atoms with van der Waals surface area (Å²) in [5, 5.41) is 9.48. The van der Waals surface area contributed by atoms with Crippen molar-refractivity contribution in [2.45, 2.75) is 38.6 Å². The maximum atomic E-state index is 12.5. The van der Waals surface area contributed by atoms with E-state index in [0.29, 0.717) is 18.0 Å². The van der Waals surface area contributed by atoms with Crippen LogP contribution in [-0.2, 0) is 6.54 Å². The van der Waals surface area contributed by atoms with E-state index in [0.717, 1.165) is 30.4 Å². The minimum atomic E-state index is -1.23. The van der Waals surface area contributed by atoms with Crippen molar-refractivity contribution in [2.24, 2.45) is 0 Å². The van der Waals surface area contributed by atoms with Crippen molar-refractivity contribution in [1.29, 1.82) is 0 Å². The first-order valence-electron chi connectivity index (χ1n) is 9.50. The quantitative estimate of drug-likeness (QED) is 0.692. The van der Waals surface area contributed by atoms with E-state index in [9.17, 15) is 14.7 Å². The Kier molecular flexibility index (Phi) is 4.82. The molecule has 28 heavy (non-hydrogen) atoms. The number of carboxylic acid groups (broad SMARTS) is 1. The fourth-order valence-electron chi connectivity index (χ4n) is 3.98. The van der Waals surface area contributed by atoms with Crippen LogP contribution in [0.25, 0.3) is 11.0 Å². The summed E-state index contributed by atoms with van der Waals surface area (Å²) in [5.74, 6) is -0.764. The molecule has 3 aromatic rings. The molecule has 1 aliphatic rings. The van der Waals surface area contributed by atoms with E-state index < -0.39 is 11.4 Å². The fraction of sp³-hybridized carbons (Fsp3) is 0.261. The number of carboxylic acids is 1. The highest BCUT2D eigenvalue weighted by Crippen LogP contribution is 2.32. The second-order valence-electron chi connectivity index (χ2n) is 7.37. The smallest absolute Gasteiger partial charge is 0.341 e. The van der Waals surface area contributed by atoms with Gasteiger partial charge in [-0.25, -0.2) is 4.79 Å². The van der Waals surface area contributed by atoms with E-state index in [1.165, 1.54) is 11.8 Å². The van der Waals surface area contributed by atoms with Crippen LogP contribution in [0.5, 0.6) is 0 Å². The molecular weight excluding hydrogens is 352 g/mol. The standard InChI is InChI=1S/C23H22N2O3/c1-15-11-20-21(24-12-15)22(26)19(23(27)28)14-25(20)13-17-9-5-6-10-18(17)16-7-3-2-4-8-16/h2-3,5-6,9-12,14,16H,4,7-8,13H2,1H3,(H,27,28). The van der Waals surface area contributed by atoms with Crippen molar-refractivity contribution in [2.75, 3.05) is 0 Å². The van der Waals surface area contributed by atoms with Crippen LogP contribution in [0.15, 0.2) is 59.7 Å². The number of aryl methyl sites for hydroxylation is 1. The summed E-state index contributed by atoms with van der Waals surface area (Å²) in [6.45, 7) is 2.41. The van der Waals surface area contributed by atoms with Crippen LogP contribution in [0.1, 0.15) is 52.2 Å². The fourth-order valence-corrected chi connectivity index (χ4v) is 3.98. The third kappa shape index (κ3) is 3.36. The van der Waals surface area contributed by atoms with E-state index in [1.54, 1.807) is 6.20 Å². The number of carbonyl (C=O) groups is 1. The Bertz CT molecular complexity index is 1140. The predicted molar refractivity (Wildman–Crippen MR) is 109 cm³/mol. The zero-order chi connectivity index (χ0) is 19.7. The van der Waals surface area contributed by atoms with Crippen molar-refractivity contribution in [3.05, 3.63) is 87.4 Å². The second kappa shape index (κ2) is 7.43. The molecule has 0 amide bonds. The molecule has 5 nitrogen and oxygen atoms in total. The molecule has 0 fully saturated rings. The van der Waals surface area contributed by atoms with Gasteiger partial charge >= 0.3 is 5.97 Å². The van der Waals surface area contributed by atoms with Gasteiger partial charge in [0, 0.05) is 18.9 Å². The largest absolute Gasteiger partial charge is 0.477 e. The van der Waals surface area contributed by atoms with Crippen LogP contribution in [-0.4, -0.2) is 20.6 Å². The van der Waals surface area contributed by atoms with Crippen molar-refractivity contribution in [3.8, 4) is 0 Å². The first-order valence-corrected chi connectivity index (χ1v) is 9.50. The number of nitrogens with zero attached hydrogens (tertiary/aromatic N) is 2. The summed E-state index contributed by atoms with van der Waals surface area (Å²) in [6.07, 6.45) is 10.7. The Labute approximate surface area is 163 Å². The highest BCUT2D eigenvalue weighted by Gasteiger charge is 2.19. The Morgan fingerprint density at radius 1 is 1.29 bits per heavy atom. The minimum Gasteiger partial charge on any atom is -0.477 e. The number of rotatable bonds is 4. The number of pyridine rings is 2. The first-order chi connectivity index (χ1) is 13.5. The number of hydrogen-bond acceptors (Lipinski definition) is 3. The monoisotopic (exact) mass is 374 g/mol. The SMILES string of the molecule is Cc1cnc2c(=O)c(C(=O)O)cn(Cc3ccccc3C3CC=CCC3)c2c1. The number of aromatic nitrogens is 2. The molecule has 0 saturated carbocycles. The highest BCUT2D eigenvalue weighted by molar-refractivity contribution is 5.91. The van der Waals surface area contributed by atoms with E-state index in [-0.39, 0.29) is 11.1 Å². The Balaban J connectivity index is 1.86. The molecule has 0 radical (unpaired) electrons. The van der Waals surface area contributed by atoms with Crippen molar-refractivity contribution < 1.29 is 9.90 Å². The first kappa shape index (κ1) is 18.2.